The first-order chi connectivity index (χ1) is 3.79. The molecule has 3 heteroatoms. The van der Waals surface area contributed by atoms with Crippen molar-refractivity contribution in [2.75, 3.05) is 0 Å². The molecule has 0 fully saturated rings. The average molecular weight is 210 g/mol. The van der Waals surface area contributed by atoms with E-state index in [2.05, 4.69) is 6.92 Å². The first kappa shape index (κ1) is 12.6. The summed E-state index contributed by atoms with van der Waals surface area (Å²) in [6.07, 6.45) is 0. The van der Waals surface area contributed by atoms with Gasteiger partial charge in [0.15, 0.2) is 0 Å². The number of hydrogen-bond acceptors (Lipinski definition) is 0. The molecule has 0 nitrogen and oxygen atoms in total. The maximum absolute atomic E-state index is 12.1. The van der Waals surface area contributed by atoms with Crippen LogP contribution in [0.25, 0.3) is 0 Å². The Labute approximate surface area is 79.0 Å². The van der Waals surface area contributed by atoms with Crippen LogP contribution in [0.2, 0.25) is 0 Å². The van der Waals surface area contributed by atoms with Gasteiger partial charge < -0.3 is 12.4 Å². The van der Waals surface area contributed by atoms with Crippen LogP contribution in [0.3, 0.4) is 0 Å². The van der Waals surface area contributed by atoms with E-state index >= 15 is 0 Å². The predicted molar refractivity (Wildman–Crippen MR) is 30.9 cm³/mol. The van der Waals surface area contributed by atoms with Crippen molar-refractivity contribution in [1.29, 1.82) is 0 Å². The second kappa shape index (κ2) is 5.70. The Hall–Kier alpha value is -0.0666. The summed E-state index contributed by atoms with van der Waals surface area (Å²) >= 11 is 0. The third-order valence-corrected chi connectivity index (χ3v) is 0.913. The second-order valence-electron chi connectivity index (χ2n) is 1.63. The van der Waals surface area contributed by atoms with Crippen LogP contribution in [0.1, 0.15) is 5.56 Å². The Morgan fingerprint density at radius 2 is 1.50 bits per heavy atom. The summed E-state index contributed by atoms with van der Waals surface area (Å²) in [5.74, 6) is -0.211. The molecule has 1 aromatic carbocycles. The molecule has 0 atom stereocenters. The van der Waals surface area contributed by atoms with Crippen LogP contribution in [-0.4, -0.2) is 0 Å². The molecule has 0 N–H and O–H groups in total. The zero-order chi connectivity index (χ0) is 5.98. The number of rotatable bonds is 0. The molecule has 0 unspecified atom stereocenters. The SMILES string of the molecule is [CH2-]c1ccc(F)cc1.[Cl-].[Zn+2]. The standard InChI is InChI=1S/C7H6F.ClH.Zn/c1-6-2-4-7(8)5-3-6;;/h2-5H,1H2;1H;/q-1;;+2/p-1. The minimum absolute atomic E-state index is 0. The molecule has 1 aromatic rings. The monoisotopic (exact) mass is 208 g/mol. The molecule has 0 spiro atoms. The van der Waals surface area contributed by atoms with Crippen molar-refractivity contribution < 1.29 is 36.3 Å². The number of halogens is 2. The van der Waals surface area contributed by atoms with Gasteiger partial charge in [0.2, 0.25) is 0 Å². The normalized spacial score (nSPS) is 7.30. The molecule has 0 aliphatic carbocycles. The molecular weight excluding hydrogens is 204 g/mol. The van der Waals surface area contributed by atoms with Gasteiger partial charge in [0.05, 0.1) is 5.82 Å². The topological polar surface area (TPSA) is 0 Å². The molecule has 0 saturated carbocycles. The fraction of sp³-hybridized carbons (Fsp3) is 0. The molecule has 0 radical (unpaired) electrons. The molecular formula is C7H6ClFZn. The minimum atomic E-state index is -0.211. The smallest absolute Gasteiger partial charge is 1.00 e. The molecule has 0 aromatic heterocycles. The van der Waals surface area contributed by atoms with Crippen LogP contribution in [0.5, 0.6) is 0 Å². The number of hydrogen-bond donors (Lipinski definition) is 0. The van der Waals surface area contributed by atoms with Gasteiger partial charge in [-0.3, -0.25) is 0 Å². The fourth-order valence-electron chi connectivity index (χ4n) is 0.484. The van der Waals surface area contributed by atoms with E-state index in [0.717, 1.165) is 5.56 Å². The molecule has 0 aliphatic heterocycles. The third-order valence-electron chi connectivity index (χ3n) is 0.913. The maximum Gasteiger partial charge on any atom is 2.00 e. The molecule has 0 bridgehead atoms. The van der Waals surface area contributed by atoms with Crippen LogP contribution in [0, 0.1) is 12.7 Å². The van der Waals surface area contributed by atoms with Gasteiger partial charge in [-0.1, -0.05) is 12.1 Å². The molecule has 0 heterocycles. The maximum atomic E-state index is 12.1. The molecule has 0 saturated heterocycles. The summed E-state index contributed by atoms with van der Waals surface area (Å²) in [6.45, 7) is 3.60. The molecule has 0 aliphatic rings. The average Bonchev–Trinajstić information content (AvgIpc) is 1.77. The van der Waals surface area contributed by atoms with E-state index in [4.69, 9.17) is 0 Å². The number of benzene rings is 1. The quantitative estimate of drug-likeness (QED) is 0.381. The second-order valence-corrected chi connectivity index (χ2v) is 1.63. The first-order valence-electron chi connectivity index (χ1n) is 2.36. The van der Waals surface area contributed by atoms with Gasteiger partial charge in [-0.25, -0.2) is 4.39 Å². The zero-order valence-electron chi connectivity index (χ0n) is 5.48. The van der Waals surface area contributed by atoms with E-state index in [9.17, 15) is 4.39 Å². The van der Waals surface area contributed by atoms with Crippen molar-refractivity contribution >= 4 is 0 Å². The minimum Gasteiger partial charge on any atom is -1.00 e. The van der Waals surface area contributed by atoms with Crippen molar-refractivity contribution in [3.63, 3.8) is 0 Å². The van der Waals surface area contributed by atoms with E-state index in [1.165, 1.54) is 12.1 Å². The summed E-state index contributed by atoms with van der Waals surface area (Å²) in [5.41, 5.74) is 0.839. The van der Waals surface area contributed by atoms with Gasteiger partial charge in [-0.05, 0) is 0 Å². The Kier molecular flexibility index (Phi) is 7.18. The van der Waals surface area contributed by atoms with E-state index in [1.54, 1.807) is 12.1 Å². The van der Waals surface area contributed by atoms with Gasteiger partial charge >= 0.3 is 19.5 Å². The first-order valence-corrected chi connectivity index (χ1v) is 2.36. The molecule has 1 rings (SSSR count). The Balaban J connectivity index is 0. The third kappa shape index (κ3) is 3.87. The van der Waals surface area contributed by atoms with Gasteiger partial charge in [0.1, 0.15) is 0 Å². The van der Waals surface area contributed by atoms with Crippen LogP contribution >= 0.6 is 0 Å². The van der Waals surface area contributed by atoms with E-state index in [-0.39, 0.29) is 37.7 Å². The Bertz CT molecular complexity index is 152. The van der Waals surface area contributed by atoms with Crippen LogP contribution in [0.15, 0.2) is 24.3 Å². The van der Waals surface area contributed by atoms with Crippen molar-refractivity contribution in [2.45, 2.75) is 0 Å². The van der Waals surface area contributed by atoms with Gasteiger partial charge in [0.25, 0.3) is 0 Å². The summed E-state index contributed by atoms with van der Waals surface area (Å²) in [6, 6.07) is 6.05. The summed E-state index contributed by atoms with van der Waals surface area (Å²) in [7, 11) is 0. The molecule has 0 amide bonds. The van der Waals surface area contributed by atoms with Gasteiger partial charge in [-0.15, -0.1) is 0 Å². The largest absolute Gasteiger partial charge is 2.00 e. The van der Waals surface area contributed by atoms with Crippen molar-refractivity contribution in [2.24, 2.45) is 0 Å². The summed E-state index contributed by atoms with van der Waals surface area (Å²) in [5, 5.41) is 0. The predicted octanol–water partition coefficient (Wildman–Crippen LogP) is -0.991. The van der Waals surface area contributed by atoms with Crippen LogP contribution < -0.4 is 12.4 Å². The summed E-state index contributed by atoms with van der Waals surface area (Å²) < 4.78 is 12.1. The zero-order valence-corrected chi connectivity index (χ0v) is 9.20. The van der Waals surface area contributed by atoms with Crippen LogP contribution in [-0.2, 0) is 19.5 Å². The van der Waals surface area contributed by atoms with E-state index < -0.39 is 0 Å². The van der Waals surface area contributed by atoms with Gasteiger partial charge in [-0.2, -0.15) is 24.6 Å². The fourth-order valence-corrected chi connectivity index (χ4v) is 0.484. The van der Waals surface area contributed by atoms with Crippen molar-refractivity contribution in [1.82, 2.24) is 0 Å². The summed E-state index contributed by atoms with van der Waals surface area (Å²) in [4.78, 5) is 0. The van der Waals surface area contributed by atoms with Gasteiger partial charge in [0, 0.05) is 0 Å². The Morgan fingerprint density at radius 3 is 1.80 bits per heavy atom. The van der Waals surface area contributed by atoms with Crippen molar-refractivity contribution in [3.8, 4) is 0 Å². The van der Waals surface area contributed by atoms with E-state index in [1.807, 2.05) is 0 Å². The van der Waals surface area contributed by atoms with Crippen LogP contribution in [0.4, 0.5) is 4.39 Å². The van der Waals surface area contributed by atoms with Crippen molar-refractivity contribution in [3.05, 3.63) is 42.6 Å². The van der Waals surface area contributed by atoms with E-state index in [0.29, 0.717) is 0 Å². The Morgan fingerprint density at radius 1 is 1.10 bits per heavy atom. The molecule has 50 valence electrons. The molecule has 10 heavy (non-hydrogen) atoms.